The van der Waals surface area contributed by atoms with Crippen LogP contribution < -0.4 is 4.90 Å². The second-order valence-electron chi connectivity index (χ2n) is 4.93. The lowest BCUT2D eigenvalue weighted by atomic mass is 10.00. The summed E-state index contributed by atoms with van der Waals surface area (Å²) in [5.41, 5.74) is 0. The van der Waals surface area contributed by atoms with Crippen LogP contribution in [0.3, 0.4) is 0 Å². The summed E-state index contributed by atoms with van der Waals surface area (Å²) >= 11 is 9.56. The zero-order valence-corrected chi connectivity index (χ0v) is 11.7. The topological polar surface area (TPSA) is 36.4 Å². The second kappa shape index (κ2) is 4.41. The van der Waals surface area contributed by atoms with Crippen LogP contribution in [0.2, 0.25) is 5.02 Å². The van der Waals surface area contributed by atoms with Gasteiger partial charge in [0.1, 0.15) is 5.82 Å². The van der Waals surface area contributed by atoms with Crippen molar-refractivity contribution in [2.75, 3.05) is 18.0 Å². The fraction of sp³-hybridized carbons (Fsp3) is 0.583. The fourth-order valence-corrected chi connectivity index (χ4v) is 3.80. The van der Waals surface area contributed by atoms with E-state index in [2.05, 4.69) is 25.8 Å². The first-order valence-corrected chi connectivity index (χ1v) is 7.06. The first-order chi connectivity index (χ1) is 8.15. The maximum atomic E-state index is 9.89. The molecule has 17 heavy (non-hydrogen) atoms. The van der Waals surface area contributed by atoms with E-state index in [1.807, 2.05) is 6.07 Å². The highest BCUT2D eigenvalue weighted by Crippen LogP contribution is 2.40. The van der Waals surface area contributed by atoms with E-state index in [4.69, 9.17) is 11.6 Å². The third kappa shape index (κ3) is 2.07. The Kier molecular flexibility index (Phi) is 3.05. The Balaban J connectivity index is 1.83. The average molecular weight is 318 g/mol. The highest BCUT2D eigenvalue weighted by Gasteiger charge is 2.42. The van der Waals surface area contributed by atoms with Crippen LogP contribution in [0.15, 0.2) is 16.7 Å². The lowest BCUT2D eigenvalue weighted by Crippen LogP contribution is -2.25. The van der Waals surface area contributed by atoms with Crippen molar-refractivity contribution >= 4 is 33.3 Å². The van der Waals surface area contributed by atoms with Gasteiger partial charge in [0.25, 0.3) is 0 Å². The number of hydrogen-bond donors (Lipinski definition) is 1. The normalized spacial score (nSPS) is 31.9. The summed E-state index contributed by atoms with van der Waals surface area (Å²) in [6.45, 7) is 1.84. The summed E-state index contributed by atoms with van der Waals surface area (Å²) in [5, 5.41) is 10.6. The molecule has 1 saturated carbocycles. The first-order valence-electron chi connectivity index (χ1n) is 5.89. The standard InChI is InChI=1S/C12H14BrClN2O/c13-8-3-10(14)12(15-4-8)16-5-7-1-2-11(17)9(7)6-16/h3-4,7,9,11,17H,1-2,5-6H2. The Bertz CT molecular complexity index is 443. The molecule has 2 heterocycles. The Morgan fingerprint density at radius 1 is 1.41 bits per heavy atom. The monoisotopic (exact) mass is 316 g/mol. The molecule has 1 aliphatic heterocycles. The van der Waals surface area contributed by atoms with E-state index in [0.717, 1.165) is 36.2 Å². The molecule has 0 bridgehead atoms. The van der Waals surface area contributed by atoms with Crippen LogP contribution in [-0.2, 0) is 0 Å². The second-order valence-corrected chi connectivity index (χ2v) is 6.26. The molecular formula is C12H14BrClN2O. The molecule has 5 heteroatoms. The van der Waals surface area contributed by atoms with E-state index in [1.165, 1.54) is 0 Å². The van der Waals surface area contributed by atoms with Crippen LogP contribution in [0.1, 0.15) is 12.8 Å². The minimum atomic E-state index is -0.140. The largest absolute Gasteiger partial charge is 0.393 e. The average Bonchev–Trinajstić information content (AvgIpc) is 2.81. The minimum absolute atomic E-state index is 0.140. The lowest BCUT2D eigenvalue weighted by molar-refractivity contribution is 0.133. The van der Waals surface area contributed by atoms with Crippen molar-refractivity contribution in [1.82, 2.24) is 4.98 Å². The molecule has 1 aromatic heterocycles. The van der Waals surface area contributed by atoms with Crippen molar-refractivity contribution in [2.24, 2.45) is 11.8 Å². The van der Waals surface area contributed by atoms with Crippen molar-refractivity contribution in [2.45, 2.75) is 18.9 Å². The van der Waals surface area contributed by atoms with E-state index < -0.39 is 0 Å². The number of aliphatic hydroxyl groups is 1. The third-order valence-corrected chi connectivity index (χ3v) is 4.62. The smallest absolute Gasteiger partial charge is 0.147 e. The van der Waals surface area contributed by atoms with Gasteiger partial charge in [-0.25, -0.2) is 4.98 Å². The third-order valence-electron chi connectivity index (χ3n) is 3.91. The first kappa shape index (κ1) is 11.8. The summed E-state index contributed by atoms with van der Waals surface area (Å²) < 4.78 is 0.894. The summed E-state index contributed by atoms with van der Waals surface area (Å²) in [6, 6.07) is 1.87. The van der Waals surface area contributed by atoms with Crippen LogP contribution in [-0.4, -0.2) is 29.3 Å². The molecule has 2 fully saturated rings. The number of hydrogen-bond acceptors (Lipinski definition) is 3. The van der Waals surface area contributed by atoms with Crippen LogP contribution in [0.25, 0.3) is 0 Å². The number of pyridine rings is 1. The van der Waals surface area contributed by atoms with Crippen molar-refractivity contribution in [3.05, 3.63) is 21.8 Å². The Hall–Kier alpha value is -0.320. The van der Waals surface area contributed by atoms with Crippen molar-refractivity contribution in [3.63, 3.8) is 0 Å². The zero-order chi connectivity index (χ0) is 12.0. The molecule has 0 radical (unpaired) electrons. The van der Waals surface area contributed by atoms with E-state index in [1.54, 1.807) is 6.20 Å². The molecule has 92 valence electrons. The van der Waals surface area contributed by atoms with Gasteiger partial charge in [-0.05, 0) is 40.8 Å². The van der Waals surface area contributed by atoms with Gasteiger partial charge < -0.3 is 10.0 Å². The predicted octanol–water partition coefficient (Wildman–Crippen LogP) is 2.70. The quantitative estimate of drug-likeness (QED) is 0.865. The van der Waals surface area contributed by atoms with Gasteiger partial charge in [-0.3, -0.25) is 0 Å². The number of rotatable bonds is 1. The summed E-state index contributed by atoms with van der Waals surface area (Å²) in [5.74, 6) is 1.85. The summed E-state index contributed by atoms with van der Waals surface area (Å²) in [7, 11) is 0. The highest BCUT2D eigenvalue weighted by atomic mass is 79.9. The molecule has 2 aliphatic rings. The molecule has 0 spiro atoms. The van der Waals surface area contributed by atoms with Crippen LogP contribution in [0.4, 0.5) is 5.82 Å². The molecule has 3 rings (SSSR count). The molecular weight excluding hydrogens is 304 g/mol. The summed E-state index contributed by atoms with van der Waals surface area (Å²) in [6.07, 6.45) is 3.70. The number of nitrogens with zero attached hydrogens (tertiary/aromatic N) is 2. The molecule has 3 nitrogen and oxygen atoms in total. The van der Waals surface area contributed by atoms with Gasteiger partial charge in [0.2, 0.25) is 0 Å². The highest BCUT2D eigenvalue weighted by molar-refractivity contribution is 9.10. The Labute approximate surface area is 114 Å². The van der Waals surface area contributed by atoms with Crippen molar-refractivity contribution in [3.8, 4) is 0 Å². The van der Waals surface area contributed by atoms with Gasteiger partial charge in [-0.15, -0.1) is 0 Å². The van der Waals surface area contributed by atoms with E-state index >= 15 is 0 Å². The van der Waals surface area contributed by atoms with Gasteiger partial charge in [-0.1, -0.05) is 11.6 Å². The Morgan fingerprint density at radius 3 is 2.94 bits per heavy atom. The SMILES string of the molecule is OC1CCC2CN(c3ncc(Br)cc3Cl)CC12. The van der Waals surface area contributed by atoms with Crippen LogP contribution in [0.5, 0.6) is 0 Å². The van der Waals surface area contributed by atoms with E-state index in [-0.39, 0.29) is 6.10 Å². The molecule has 1 N–H and O–H groups in total. The zero-order valence-electron chi connectivity index (χ0n) is 9.31. The maximum Gasteiger partial charge on any atom is 0.147 e. The molecule has 0 amide bonds. The van der Waals surface area contributed by atoms with Crippen LogP contribution in [0, 0.1) is 11.8 Å². The van der Waals surface area contributed by atoms with Gasteiger partial charge in [-0.2, -0.15) is 0 Å². The Morgan fingerprint density at radius 2 is 2.24 bits per heavy atom. The number of fused-ring (bicyclic) bond motifs is 1. The molecule has 1 saturated heterocycles. The molecule has 1 aromatic rings. The molecule has 3 atom stereocenters. The minimum Gasteiger partial charge on any atom is -0.393 e. The van der Waals surface area contributed by atoms with Crippen molar-refractivity contribution in [1.29, 1.82) is 0 Å². The van der Waals surface area contributed by atoms with E-state index in [0.29, 0.717) is 16.9 Å². The number of aromatic nitrogens is 1. The maximum absolute atomic E-state index is 9.89. The van der Waals surface area contributed by atoms with E-state index in [9.17, 15) is 5.11 Å². The lowest BCUT2D eigenvalue weighted by Gasteiger charge is -2.20. The van der Waals surface area contributed by atoms with Crippen LogP contribution >= 0.6 is 27.5 Å². The van der Waals surface area contributed by atoms with Crippen molar-refractivity contribution < 1.29 is 5.11 Å². The number of anilines is 1. The number of halogens is 2. The molecule has 0 aromatic carbocycles. The molecule has 1 aliphatic carbocycles. The van der Waals surface area contributed by atoms with Gasteiger partial charge >= 0.3 is 0 Å². The van der Waals surface area contributed by atoms with Gasteiger partial charge in [0.15, 0.2) is 0 Å². The summed E-state index contributed by atoms with van der Waals surface area (Å²) in [4.78, 5) is 6.58. The van der Waals surface area contributed by atoms with Gasteiger partial charge in [0.05, 0.1) is 11.1 Å². The van der Waals surface area contributed by atoms with Gasteiger partial charge in [0, 0.05) is 29.7 Å². The fourth-order valence-electron chi connectivity index (χ4n) is 3.05. The predicted molar refractivity (Wildman–Crippen MR) is 71.4 cm³/mol. The number of aliphatic hydroxyl groups excluding tert-OH is 1. The molecule has 3 unspecified atom stereocenters.